The number of ether oxygens (including phenoxy) is 1. The molecule has 1 saturated heterocycles. The standard InChI is InChI=1S/C20H25NO3S/c1-3-13-24-20-10-9-19(14-16(20)2)25(22,23)21-12-11-18(15-21)17-7-5-4-6-8-17/h4-10,14,18H,3,11-13,15H2,1-2H3. The van der Waals surface area contributed by atoms with E-state index in [1.165, 1.54) is 5.56 Å². The normalized spacial score (nSPS) is 18.4. The summed E-state index contributed by atoms with van der Waals surface area (Å²) < 4.78 is 33.2. The number of aryl methyl sites for hydroxylation is 1. The first-order valence-electron chi connectivity index (χ1n) is 8.81. The van der Waals surface area contributed by atoms with Crippen LogP contribution >= 0.6 is 0 Å². The minimum absolute atomic E-state index is 0.268. The van der Waals surface area contributed by atoms with E-state index in [2.05, 4.69) is 12.1 Å². The molecule has 0 bridgehead atoms. The quantitative estimate of drug-likeness (QED) is 0.784. The second kappa shape index (κ2) is 7.58. The van der Waals surface area contributed by atoms with Crippen LogP contribution < -0.4 is 4.74 Å². The lowest BCUT2D eigenvalue weighted by Gasteiger charge is -2.18. The lowest BCUT2D eigenvalue weighted by Crippen LogP contribution is -2.28. The van der Waals surface area contributed by atoms with Gasteiger partial charge in [-0.2, -0.15) is 4.31 Å². The van der Waals surface area contributed by atoms with E-state index >= 15 is 0 Å². The molecule has 134 valence electrons. The van der Waals surface area contributed by atoms with E-state index in [1.54, 1.807) is 22.5 Å². The average Bonchev–Trinajstić information content (AvgIpc) is 3.12. The van der Waals surface area contributed by atoms with Crippen molar-refractivity contribution < 1.29 is 13.2 Å². The molecule has 0 radical (unpaired) electrons. The van der Waals surface area contributed by atoms with Crippen LogP contribution in [0.4, 0.5) is 0 Å². The lowest BCUT2D eigenvalue weighted by molar-refractivity contribution is 0.315. The molecule has 1 fully saturated rings. The Bertz CT molecular complexity index is 818. The summed E-state index contributed by atoms with van der Waals surface area (Å²) in [6, 6.07) is 15.3. The van der Waals surface area contributed by atoms with Crippen LogP contribution in [0.25, 0.3) is 0 Å². The van der Waals surface area contributed by atoms with Crippen molar-refractivity contribution in [3.63, 3.8) is 0 Å². The second-order valence-corrected chi connectivity index (χ2v) is 8.47. The molecule has 1 heterocycles. The second-order valence-electron chi connectivity index (χ2n) is 6.54. The Kier molecular flexibility index (Phi) is 5.45. The van der Waals surface area contributed by atoms with Gasteiger partial charge in [-0.1, -0.05) is 37.3 Å². The van der Waals surface area contributed by atoms with E-state index in [0.717, 1.165) is 24.2 Å². The molecule has 2 aromatic rings. The molecule has 1 unspecified atom stereocenters. The van der Waals surface area contributed by atoms with Crippen LogP contribution in [0.2, 0.25) is 0 Å². The van der Waals surface area contributed by atoms with Crippen molar-refractivity contribution in [3.8, 4) is 5.75 Å². The zero-order valence-electron chi connectivity index (χ0n) is 14.8. The van der Waals surface area contributed by atoms with Crippen molar-refractivity contribution in [2.45, 2.75) is 37.5 Å². The van der Waals surface area contributed by atoms with E-state index in [0.29, 0.717) is 24.6 Å². The molecule has 0 N–H and O–H groups in total. The Morgan fingerprint density at radius 3 is 2.60 bits per heavy atom. The Hall–Kier alpha value is -1.85. The zero-order chi connectivity index (χ0) is 17.9. The smallest absolute Gasteiger partial charge is 0.243 e. The van der Waals surface area contributed by atoms with Gasteiger partial charge in [0.15, 0.2) is 0 Å². The van der Waals surface area contributed by atoms with E-state index in [1.807, 2.05) is 32.0 Å². The predicted molar refractivity (Wildman–Crippen MR) is 99.5 cm³/mol. The zero-order valence-corrected chi connectivity index (χ0v) is 15.6. The highest BCUT2D eigenvalue weighted by molar-refractivity contribution is 7.89. The number of sulfonamides is 1. The average molecular weight is 359 g/mol. The van der Waals surface area contributed by atoms with Gasteiger partial charge in [-0.15, -0.1) is 0 Å². The number of nitrogens with zero attached hydrogens (tertiary/aromatic N) is 1. The van der Waals surface area contributed by atoms with Crippen molar-refractivity contribution in [1.82, 2.24) is 4.31 Å². The first-order valence-corrected chi connectivity index (χ1v) is 10.2. The van der Waals surface area contributed by atoms with Crippen LogP contribution in [-0.4, -0.2) is 32.4 Å². The number of hydrogen-bond acceptors (Lipinski definition) is 3. The van der Waals surface area contributed by atoms with Gasteiger partial charge in [0.05, 0.1) is 11.5 Å². The fourth-order valence-electron chi connectivity index (χ4n) is 3.25. The molecule has 0 aromatic heterocycles. The highest BCUT2D eigenvalue weighted by Gasteiger charge is 2.33. The number of hydrogen-bond donors (Lipinski definition) is 0. The molecule has 1 aliphatic rings. The summed E-state index contributed by atoms with van der Waals surface area (Å²) in [5, 5.41) is 0. The fraction of sp³-hybridized carbons (Fsp3) is 0.400. The van der Waals surface area contributed by atoms with E-state index < -0.39 is 10.0 Å². The molecule has 0 saturated carbocycles. The van der Waals surface area contributed by atoms with Crippen molar-refractivity contribution in [2.75, 3.05) is 19.7 Å². The summed E-state index contributed by atoms with van der Waals surface area (Å²) in [5.74, 6) is 1.02. The largest absolute Gasteiger partial charge is 0.493 e. The topological polar surface area (TPSA) is 46.6 Å². The Labute approximate surface area is 150 Å². The van der Waals surface area contributed by atoms with Crippen LogP contribution in [0, 0.1) is 6.92 Å². The van der Waals surface area contributed by atoms with Gasteiger partial charge in [-0.05, 0) is 55.0 Å². The fourth-order valence-corrected chi connectivity index (χ4v) is 4.84. The maximum absolute atomic E-state index is 13.0. The monoisotopic (exact) mass is 359 g/mol. The SMILES string of the molecule is CCCOc1ccc(S(=O)(=O)N2CCC(c3ccccc3)C2)cc1C. The van der Waals surface area contributed by atoms with E-state index in [4.69, 9.17) is 4.74 Å². The van der Waals surface area contributed by atoms with E-state index in [-0.39, 0.29) is 5.92 Å². The maximum Gasteiger partial charge on any atom is 0.243 e. The van der Waals surface area contributed by atoms with Crippen LogP contribution in [0.3, 0.4) is 0 Å². The summed E-state index contributed by atoms with van der Waals surface area (Å²) in [6.07, 6.45) is 1.79. The first kappa shape index (κ1) is 18.0. The summed E-state index contributed by atoms with van der Waals surface area (Å²) in [5.41, 5.74) is 2.06. The molecular formula is C20H25NO3S. The Morgan fingerprint density at radius 1 is 1.16 bits per heavy atom. The van der Waals surface area contributed by atoms with Crippen molar-refractivity contribution in [3.05, 3.63) is 59.7 Å². The highest BCUT2D eigenvalue weighted by Crippen LogP contribution is 2.32. The van der Waals surface area contributed by atoms with Gasteiger partial charge >= 0.3 is 0 Å². The minimum Gasteiger partial charge on any atom is -0.493 e. The van der Waals surface area contributed by atoms with Gasteiger partial charge < -0.3 is 4.74 Å². The molecule has 0 aliphatic carbocycles. The number of rotatable bonds is 6. The van der Waals surface area contributed by atoms with Gasteiger partial charge in [-0.3, -0.25) is 0 Å². The lowest BCUT2D eigenvalue weighted by atomic mass is 9.99. The van der Waals surface area contributed by atoms with Gasteiger partial charge in [0.25, 0.3) is 0 Å². The Balaban J connectivity index is 1.77. The molecule has 0 amide bonds. The molecule has 1 aliphatic heterocycles. The molecule has 25 heavy (non-hydrogen) atoms. The molecule has 3 rings (SSSR count). The predicted octanol–water partition coefficient (Wildman–Crippen LogP) is 3.96. The third-order valence-electron chi connectivity index (χ3n) is 4.67. The molecule has 1 atom stereocenters. The van der Waals surface area contributed by atoms with Gasteiger partial charge in [0, 0.05) is 13.1 Å². The summed E-state index contributed by atoms with van der Waals surface area (Å²) in [6.45, 7) is 5.68. The van der Waals surface area contributed by atoms with Crippen molar-refractivity contribution >= 4 is 10.0 Å². The minimum atomic E-state index is -3.46. The van der Waals surface area contributed by atoms with Crippen LogP contribution in [0.5, 0.6) is 5.75 Å². The highest BCUT2D eigenvalue weighted by atomic mass is 32.2. The molecule has 5 heteroatoms. The van der Waals surface area contributed by atoms with E-state index in [9.17, 15) is 8.42 Å². The molecule has 4 nitrogen and oxygen atoms in total. The molecule has 2 aromatic carbocycles. The third kappa shape index (κ3) is 3.88. The van der Waals surface area contributed by atoms with Crippen LogP contribution in [-0.2, 0) is 10.0 Å². The maximum atomic E-state index is 13.0. The number of benzene rings is 2. The third-order valence-corrected chi connectivity index (χ3v) is 6.53. The van der Waals surface area contributed by atoms with Crippen molar-refractivity contribution in [1.29, 1.82) is 0 Å². The van der Waals surface area contributed by atoms with Gasteiger partial charge in [0.2, 0.25) is 10.0 Å². The van der Waals surface area contributed by atoms with Gasteiger partial charge in [0.1, 0.15) is 5.75 Å². The Morgan fingerprint density at radius 2 is 1.92 bits per heavy atom. The van der Waals surface area contributed by atoms with Crippen molar-refractivity contribution in [2.24, 2.45) is 0 Å². The van der Waals surface area contributed by atoms with Crippen LogP contribution in [0.15, 0.2) is 53.4 Å². The summed E-state index contributed by atoms with van der Waals surface area (Å²) >= 11 is 0. The first-order chi connectivity index (χ1) is 12.0. The van der Waals surface area contributed by atoms with Crippen LogP contribution in [0.1, 0.15) is 36.8 Å². The summed E-state index contributed by atoms with van der Waals surface area (Å²) in [7, 11) is -3.46. The summed E-state index contributed by atoms with van der Waals surface area (Å²) in [4.78, 5) is 0.350. The van der Waals surface area contributed by atoms with Gasteiger partial charge in [-0.25, -0.2) is 8.42 Å². The molecular weight excluding hydrogens is 334 g/mol. The molecule has 0 spiro atoms.